The molecule has 1 aliphatic rings. The Kier molecular flexibility index (Phi) is 5.25. The van der Waals surface area contributed by atoms with Crippen LogP contribution >= 0.6 is 0 Å². The van der Waals surface area contributed by atoms with Crippen molar-refractivity contribution in [3.63, 3.8) is 0 Å². The van der Waals surface area contributed by atoms with Gasteiger partial charge in [-0.15, -0.1) is 0 Å². The summed E-state index contributed by atoms with van der Waals surface area (Å²) in [6.07, 6.45) is 6.95. The van der Waals surface area contributed by atoms with E-state index in [9.17, 15) is 4.79 Å². The van der Waals surface area contributed by atoms with Crippen molar-refractivity contribution >= 4 is 11.6 Å². The van der Waals surface area contributed by atoms with Crippen LogP contribution < -0.4 is 10.1 Å². The number of ether oxygens (including phenoxy) is 1. The molecule has 1 fully saturated rings. The largest absolute Gasteiger partial charge is 0.494 e. The van der Waals surface area contributed by atoms with E-state index in [1.807, 2.05) is 31.2 Å². The van der Waals surface area contributed by atoms with Crippen molar-refractivity contribution in [3.8, 4) is 5.75 Å². The van der Waals surface area contributed by atoms with Crippen molar-refractivity contribution in [2.75, 3.05) is 11.9 Å². The molecule has 3 nitrogen and oxygen atoms in total. The normalized spacial score (nSPS) is 15.4. The van der Waals surface area contributed by atoms with Gasteiger partial charge in [0, 0.05) is 12.1 Å². The molecule has 0 spiro atoms. The van der Waals surface area contributed by atoms with Gasteiger partial charge < -0.3 is 10.1 Å². The van der Waals surface area contributed by atoms with Crippen LogP contribution in [0.5, 0.6) is 5.75 Å². The van der Waals surface area contributed by atoms with Gasteiger partial charge in [0.2, 0.25) is 5.91 Å². The summed E-state index contributed by atoms with van der Waals surface area (Å²) in [5.41, 5.74) is 0.847. The molecular weight excluding hydrogens is 238 g/mol. The highest BCUT2D eigenvalue weighted by Crippen LogP contribution is 2.28. The maximum Gasteiger partial charge on any atom is 0.224 e. The Labute approximate surface area is 115 Å². The molecule has 0 aliphatic heterocycles. The van der Waals surface area contributed by atoms with Gasteiger partial charge in [-0.25, -0.2) is 0 Å². The molecule has 1 amide bonds. The first kappa shape index (κ1) is 13.9. The first-order valence-corrected chi connectivity index (χ1v) is 7.30. The van der Waals surface area contributed by atoms with E-state index < -0.39 is 0 Å². The number of anilines is 1. The minimum atomic E-state index is 0.121. The number of hydrogen-bond donors (Lipinski definition) is 1. The highest BCUT2D eigenvalue weighted by atomic mass is 16.5. The Morgan fingerprint density at radius 3 is 2.58 bits per heavy atom. The maximum absolute atomic E-state index is 11.8. The fraction of sp³-hybridized carbons (Fsp3) is 0.562. The molecule has 0 aromatic heterocycles. The average Bonchev–Trinajstić information content (AvgIpc) is 2.92. The summed E-state index contributed by atoms with van der Waals surface area (Å²) in [6, 6.07) is 7.54. The van der Waals surface area contributed by atoms with E-state index in [4.69, 9.17) is 4.74 Å². The lowest BCUT2D eigenvalue weighted by Crippen LogP contribution is -2.12. The highest BCUT2D eigenvalue weighted by Gasteiger charge is 2.16. The fourth-order valence-corrected chi connectivity index (χ4v) is 2.66. The summed E-state index contributed by atoms with van der Waals surface area (Å²) in [7, 11) is 0. The van der Waals surface area contributed by atoms with Gasteiger partial charge in [0.1, 0.15) is 5.75 Å². The third kappa shape index (κ3) is 4.58. The summed E-state index contributed by atoms with van der Waals surface area (Å²) in [5, 5.41) is 2.94. The van der Waals surface area contributed by atoms with Crippen molar-refractivity contribution in [1.29, 1.82) is 0 Å². The molecular formula is C16H23NO2. The van der Waals surface area contributed by atoms with Crippen molar-refractivity contribution in [2.45, 2.75) is 45.4 Å². The molecule has 1 N–H and O–H groups in total. The minimum absolute atomic E-state index is 0.121. The molecule has 0 heterocycles. The number of hydrogen-bond acceptors (Lipinski definition) is 2. The fourth-order valence-electron chi connectivity index (χ4n) is 2.66. The van der Waals surface area contributed by atoms with Crippen molar-refractivity contribution in [1.82, 2.24) is 0 Å². The molecule has 0 saturated heterocycles. The quantitative estimate of drug-likeness (QED) is 0.840. The Balaban J connectivity index is 1.74. The third-order valence-corrected chi connectivity index (χ3v) is 3.70. The summed E-state index contributed by atoms with van der Waals surface area (Å²) in [5.74, 6) is 1.73. The van der Waals surface area contributed by atoms with Crippen LogP contribution in [0.4, 0.5) is 5.69 Å². The molecule has 19 heavy (non-hydrogen) atoms. The van der Waals surface area contributed by atoms with Crippen molar-refractivity contribution in [2.24, 2.45) is 5.92 Å². The van der Waals surface area contributed by atoms with Gasteiger partial charge in [-0.05, 0) is 43.5 Å². The number of rotatable bonds is 6. The van der Waals surface area contributed by atoms with E-state index in [1.165, 1.54) is 25.7 Å². The van der Waals surface area contributed by atoms with Gasteiger partial charge in [0.05, 0.1) is 6.61 Å². The average molecular weight is 261 g/mol. The van der Waals surface area contributed by atoms with Gasteiger partial charge >= 0.3 is 0 Å². The highest BCUT2D eigenvalue weighted by molar-refractivity contribution is 5.90. The molecule has 0 atom stereocenters. The molecule has 0 bridgehead atoms. The van der Waals surface area contributed by atoms with Crippen LogP contribution in [0.25, 0.3) is 0 Å². The lowest BCUT2D eigenvalue weighted by atomic mass is 10.0. The minimum Gasteiger partial charge on any atom is -0.494 e. The summed E-state index contributed by atoms with van der Waals surface area (Å²) >= 11 is 0. The monoisotopic (exact) mass is 261 g/mol. The van der Waals surface area contributed by atoms with E-state index in [0.717, 1.165) is 23.8 Å². The topological polar surface area (TPSA) is 38.3 Å². The summed E-state index contributed by atoms with van der Waals surface area (Å²) in [6.45, 7) is 2.62. The van der Waals surface area contributed by atoms with Gasteiger partial charge in [0.15, 0.2) is 0 Å². The van der Waals surface area contributed by atoms with Crippen LogP contribution in [0.15, 0.2) is 24.3 Å². The Morgan fingerprint density at radius 1 is 1.26 bits per heavy atom. The van der Waals surface area contributed by atoms with E-state index in [0.29, 0.717) is 13.0 Å². The molecule has 104 valence electrons. The van der Waals surface area contributed by atoms with Crippen molar-refractivity contribution in [3.05, 3.63) is 24.3 Å². The summed E-state index contributed by atoms with van der Waals surface area (Å²) < 4.78 is 5.37. The zero-order valence-electron chi connectivity index (χ0n) is 11.7. The SMILES string of the molecule is CCOc1ccc(NC(=O)CCC2CCCC2)cc1. The van der Waals surface area contributed by atoms with Crippen LogP contribution in [0.1, 0.15) is 45.4 Å². The van der Waals surface area contributed by atoms with Crippen LogP contribution in [-0.4, -0.2) is 12.5 Å². The van der Waals surface area contributed by atoms with Gasteiger partial charge in [-0.3, -0.25) is 4.79 Å². The van der Waals surface area contributed by atoms with Crippen molar-refractivity contribution < 1.29 is 9.53 Å². The number of nitrogens with one attached hydrogen (secondary N) is 1. The molecule has 1 saturated carbocycles. The van der Waals surface area contributed by atoms with Crippen LogP contribution in [0.3, 0.4) is 0 Å². The molecule has 1 aliphatic carbocycles. The molecule has 0 unspecified atom stereocenters. The zero-order valence-corrected chi connectivity index (χ0v) is 11.7. The predicted octanol–water partition coefficient (Wildman–Crippen LogP) is 3.99. The van der Waals surface area contributed by atoms with Crippen LogP contribution in [0.2, 0.25) is 0 Å². The van der Waals surface area contributed by atoms with E-state index >= 15 is 0 Å². The third-order valence-electron chi connectivity index (χ3n) is 3.70. The lowest BCUT2D eigenvalue weighted by molar-refractivity contribution is -0.116. The van der Waals surface area contributed by atoms with E-state index in [1.54, 1.807) is 0 Å². The second-order valence-corrected chi connectivity index (χ2v) is 5.19. The molecule has 3 heteroatoms. The standard InChI is InChI=1S/C16H23NO2/c1-2-19-15-10-8-14(9-11-15)17-16(18)12-7-13-5-3-4-6-13/h8-11,13H,2-7,12H2,1H3,(H,17,18). The molecule has 1 aromatic rings. The summed E-state index contributed by atoms with van der Waals surface area (Å²) in [4.78, 5) is 11.8. The predicted molar refractivity (Wildman–Crippen MR) is 77.4 cm³/mol. The number of carbonyl (C=O) groups excluding carboxylic acids is 1. The Morgan fingerprint density at radius 2 is 1.95 bits per heavy atom. The Bertz CT molecular complexity index is 394. The molecule has 2 rings (SSSR count). The van der Waals surface area contributed by atoms with E-state index in [-0.39, 0.29) is 5.91 Å². The van der Waals surface area contributed by atoms with Gasteiger partial charge in [-0.1, -0.05) is 25.7 Å². The molecule has 1 aromatic carbocycles. The number of amides is 1. The number of carbonyl (C=O) groups is 1. The first-order chi connectivity index (χ1) is 9.28. The Hall–Kier alpha value is -1.51. The van der Waals surface area contributed by atoms with Gasteiger partial charge in [-0.2, -0.15) is 0 Å². The lowest BCUT2D eigenvalue weighted by Gasteiger charge is -2.09. The van der Waals surface area contributed by atoms with Gasteiger partial charge in [0.25, 0.3) is 0 Å². The smallest absolute Gasteiger partial charge is 0.224 e. The van der Waals surface area contributed by atoms with Crippen LogP contribution in [-0.2, 0) is 4.79 Å². The zero-order chi connectivity index (χ0) is 13.5. The second kappa shape index (κ2) is 7.17. The van der Waals surface area contributed by atoms with E-state index in [2.05, 4.69) is 5.32 Å². The molecule has 0 radical (unpaired) electrons. The maximum atomic E-state index is 11.8. The second-order valence-electron chi connectivity index (χ2n) is 5.19. The first-order valence-electron chi connectivity index (χ1n) is 7.30. The number of benzene rings is 1. The van der Waals surface area contributed by atoms with Crippen LogP contribution in [0, 0.1) is 5.92 Å².